The van der Waals surface area contributed by atoms with Gasteiger partial charge < -0.3 is 9.84 Å². The van der Waals surface area contributed by atoms with Crippen LogP contribution in [0.2, 0.25) is 0 Å². The molecule has 4 rings (SSSR count). The summed E-state index contributed by atoms with van der Waals surface area (Å²) in [5.74, 6) is -5.20. The number of halogens is 5. The second-order valence-corrected chi connectivity index (χ2v) is 7.58. The molecule has 5 nitrogen and oxygen atoms in total. The summed E-state index contributed by atoms with van der Waals surface area (Å²) in [5.41, 5.74) is -2.64. The lowest BCUT2D eigenvalue weighted by Gasteiger charge is -2.26. The average molecular weight is 489 g/mol. The first-order chi connectivity index (χ1) is 16.5. The Bertz CT molecular complexity index is 1370. The van der Waals surface area contributed by atoms with Crippen molar-refractivity contribution < 1.29 is 41.4 Å². The summed E-state index contributed by atoms with van der Waals surface area (Å²) in [7, 11) is 1.22. The van der Waals surface area contributed by atoms with E-state index in [9.17, 15) is 36.6 Å². The number of alkyl halides is 3. The third-order valence-electron chi connectivity index (χ3n) is 5.51. The summed E-state index contributed by atoms with van der Waals surface area (Å²) in [6.07, 6.45) is -4.76. The molecule has 0 aliphatic carbocycles. The van der Waals surface area contributed by atoms with E-state index in [0.717, 1.165) is 36.4 Å². The monoisotopic (exact) mass is 489 g/mol. The summed E-state index contributed by atoms with van der Waals surface area (Å²) in [6.45, 7) is 0. The van der Waals surface area contributed by atoms with Gasteiger partial charge in [-0.3, -0.25) is 14.5 Å². The smallest absolute Gasteiger partial charge is 0.416 e. The fourth-order valence-corrected chi connectivity index (χ4v) is 3.93. The lowest BCUT2D eigenvalue weighted by Crippen LogP contribution is -2.30. The molecule has 0 spiro atoms. The summed E-state index contributed by atoms with van der Waals surface area (Å²) < 4.78 is 73.9. The zero-order valence-electron chi connectivity index (χ0n) is 17.9. The van der Waals surface area contributed by atoms with Crippen LogP contribution in [-0.4, -0.2) is 23.9 Å². The van der Waals surface area contributed by atoms with E-state index >= 15 is 0 Å². The molecule has 1 heterocycles. The zero-order chi connectivity index (χ0) is 25.5. The number of aliphatic hydroxyl groups excluding tert-OH is 1. The van der Waals surface area contributed by atoms with Crippen LogP contribution in [-0.2, 0) is 15.8 Å². The molecule has 0 aromatic heterocycles. The van der Waals surface area contributed by atoms with Crippen molar-refractivity contribution in [3.63, 3.8) is 0 Å². The fourth-order valence-electron chi connectivity index (χ4n) is 3.93. The number of ether oxygens (including phenoxy) is 1. The molecule has 35 heavy (non-hydrogen) atoms. The summed E-state index contributed by atoms with van der Waals surface area (Å²) in [5, 5.41) is 11.0. The first-order valence-electron chi connectivity index (χ1n) is 10.1. The predicted octanol–water partition coefficient (Wildman–Crippen LogP) is 5.62. The highest BCUT2D eigenvalue weighted by molar-refractivity contribution is 6.51. The molecule has 1 aliphatic heterocycles. The van der Waals surface area contributed by atoms with Crippen LogP contribution in [0, 0.1) is 11.6 Å². The molecule has 1 fully saturated rings. The van der Waals surface area contributed by atoms with Crippen LogP contribution in [0.4, 0.5) is 27.6 Å². The Morgan fingerprint density at radius 3 is 2.34 bits per heavy atom. The molecule has 1 aliphatic rings. The van der Waals surface area contributed by atoms with Crippen molar-refractivity contribution >= 4 is 23.1 Å². The van der Waals surface area contributed by atoms with Gasteiger partial charge in [0.15, 0.2) is 0 Å². The largest absolute Gasteiger partial charge is 0.507 e. The number of nitrogens with zero attached hydrogens (tertiary/aromatic N) is 1. The van der Waals surface area contributed by atoms with Crippen molar-refractivity contribution in [2.45, 2.75) is 12.2 Å². The Kier molecular flexibility index (Phi) is 6.06. The number of amides is 1. The lowest BCUT2D eigenvalue weighted by molar-refractivity contribution is -0.137. The van der Waals surface area contributed by atoms with Gasteiger partial charge in [0, 0.05) is 11.3 Å². The van der Waals surface area contributed by atoms with Gasteiger partial charge in [0.25, 0.3) is 11.7 Å². The Balaban J connectivity index is 2.01. The molecule has 10 heteroatoms. The number of rotatable bonds is 4. The van der Waals surface area contributed by atoms with Crippen molar-refractivity contribution in [2.24, 2.45) is 0 Å². The number of carbonyl (C=O) groups is 2. The van der Waals surface area contributed by atoms with Crippen LogP contribution in [0.1, 0.15) is 22.7 Å². The first kappa shape index (κ1) is 23.9. The number of methoxy groups -OCH3 is 1. The van der Waals surface area contributed by atoms with E-state index in [1.165, 1.54) is 31.4 Å². The summed E-state index contributed by atoms with van der Waals surface area (Å²) in [6, 6.07) is 10.00. The minimum absolute atomic E-state index is 0.0542. The molecule has 3 aromatic carbocycles. The molecule has 0 bridgehead atoms. The van der Waals surface area contributed by atoms with E-state index in [1.54, 1.807) is 0 Å². The number of hydrogen-bond acceptors (Lipinski definition) is 4. The minimum atomic E-state index is -4.76. The van der Waals surface area contributed by atoms with E-state index < -0.39 is 52.4 Å². The Labute approximate surface area is 195 Å². The van der Waals surface area contributed by atoms with Crippen molar-refractivity contribution in [3.8, 4) is 5.75 Å². The number of ketones is 1. The normalized spacial score (nSPS) is 17.7. The highest BCUT2D eigenvalue weighted by Gasteiger charge is 2.48. The van der Waals surface area contributed by atoms with Gasteiger partial charge in [0.1, 0.15) is 23.1 Å². The third kappa shape index (κ3) is 4.23. The molecule has 1 saturated heterocycles. The predicted molar refractivity (Wildman–Crippen MR) is 116 cm³/mol. The topological polar surface area (TPSA) is 66.8 Å². The van der Waals surface area contributed by atoms with E-state index in [2.05, 4.69) is 0 Å². The van der Waals surface area contributed by atoms with Gasteiger partial charge in [-0.15, -0.1) is 0 Å². The Hall–Kier alpha value is -4.21. The summed E-state index contributed by atoms with van der Waals surface area (Å²) in [4.78, 5) is 26.8. The third-order valence-corrected chi connectivity index (χ3v) is 5.51. The quantitative estimate of drug-likeness (QED) is 0.224. The van der Waals surface area contributed by atoms with Crippen LogP contribution in [0.3, 0.4) is 0 Å². The van der Waals surface area contributed by atoms with Crippen LogP contribution >= 0.6 is 0 Å². The highest BCUT2D eigenvalue weighted by atomic mass is 19.4. The van der Waals surface area contributed by atoms with Crippen LogP contribution < -0.4 is 9.64 Å². The second-order valence-electron chi connectivity index (χ2n) is 7.58. The Morgan fingerprint density at radius 2 is 1.69 bits per heavy atom. The molecular formula is C25H16F5NO4. The molecule has 180 valence electrons. The van der Waals surface area contributed by atoms with E-state index in [4.69, 9.17) is 4.74 Å². The molecule has 1 atom stereocenters. The van der Waals surface area contributed by atoms with Crippen molar-refractivity contribution in [1.29, 1.82) is 0 Å². The molecular weight excluding hydrogens is 473 g/mol. The standard InChI is InChI=1S/C25H16F5NO4/c1-35-19-10-9-14(26)12-17(19)22(32)20-21(16-7-2-3-8-18(16)27)31(24(34)23(20)33)15-6-4-5-13(11-15)25(28,29)30/h2-12,21,32H,1H3/b22-20+. The highest BCUT2D eigenvalue weighted by Crippen LogP contribution is 2.45. The van der Waals surface area contributed by atoms with Gasteiger partial charge in [0.2, 0.25) is 0 Å². The molecule has 1 N–H and O–H groups in total. The number of Topliss-reactive ketones (excluding diaryl/α,β-unsaturated/α-hetero) is 1. The SMILES string of the molecule is COc1ccc(F)cc1/C(O)=C1\C(=O)C(=O)N(c2cccc(C(F)(F)F)c2)C1c1ccccc1F. The molecule has 1 unspecified atom stereocenters. The van der Waals surface area contributed by atoms with E-state index in [0.29, 0.717) is 11.0 Å². The number of hydrogen-bond donors (Lipinski definition) is 1. The van der Waals surface area contributed by atoms with Crippen molar-refractivity contribution in [1.82, 2.24) is 0 Å². The lowest BCUT2D eigenvalue weighted by atomic mass is 9.94. The first-order valence-corrected chi connectivity index (χ1v) is 10.1. The van der Waals surface area contributed by atoms with Gasteiger partial charge in [-0.05, 0) is 42.5 Å². The van der Waals surface area contributed by atoms with Gasteiger partial charge in [-0.2, -0.15) is 13.2 Å². The minimum Gasteiger partial charge on any atom is -0.507 e. The maximum absolute atomic E-state index is 14.9. The summed E-state index contributed by atoms with van der Waals surface area (Å²) >= 11 is 0. The molecule has 0 saturated carbocycles. The zero-order valence-corrected chi connectivity index (χ0v) is 17.9. The number of carbonyl (C=O) groups excluding carboxylic acids is 2. The van der Waals surface area contributed by atoms with Gasteiger partial charge in [0.05, 0.1) is 29.9 Å². The molecule has 1 amide bonds. The Morgan fingerprint density at radius 1 is 0.971 bits per heavy atom. The fraction of sp³-hybridized carbons (Fsp3) is 0.120. The van der Waals surface area contributed by atoms with Crippen LogP contribution in [0.5, 0.6) is 5.75 Å². The van der Waals surface area contributed by atoms with Crippen molar-refractivity contribution in [2.75, 3.05) is 12.0 Å². The maximum atomic E-state index is 14.9. The number of anilines is 1. The van der Waals surface area contributed by atoms with Gasteiger partial charge in [-0.1, -0.05) is 24.3 Å². The second kappa shape index (κ2) is 8.86. The van der Waals surface area contributed by atoms with Crippen molar-refractivity contribution in [3.05, 3.63) is 101 Å². The maximum Gasteiger partial charge on any atom is 0.416 e. The molecule has 0 radical (unpaired) electrons. The van der Waals surface area contributed by atoms with Gasteiger partial charge in [-0.25, -0.2) is 8.78 Å². The number of aliphatic hydroxyl groups is 1. The van der Waals surface area contributed by atoms with Gasteiger partial charge >= 0.3 is 6.18 Å². The molecule has 3 aromatic rings. The van der Waals surface area contributed by atoms with Crippen LogP contribution in [0.25, 0.3) is 5.76 Å². The van der Waals surface area contributed by atoms with Crippen LogP contribution in [0.15, 0.2) is 72.3 Å². The average Bonchev–Trinajstić information content (AvgIpc) is 3.08. The van der Waals surface area contributed by atoms with E-state index in [-0.39, 0.29) is 22.6 Å². The number of benzene rings is 3. The van der Waals surface area contributed by atoms with E-state index in [1.807, 2.05) is 0 Å².